The van der Waals surface area contributed by atoms with Gasteiger partial charge in [0.1, 0.15) is 11.5 Å². The number of ether oxygens (including phenoxy) is 3. The van der Waals surface area contributed by atoms with E-state index in [0.29, 0.717) is 5.92 Å². The monoisotopic (exact) mass is 357 g/mol. The highest BCUT2D eigenvalue weighted by molar-refractivity contribution is 9.10. The van der Waals surface area contributed by atoms with Gasteiger partial charge in [0.05, 0.1) is 30.9 Å². The van der Waals surface area contributed by atoms with Gasteiger partial charge in [0, 0.05) is 17.5 Å². The highest BCUT2D eigenvalue weighted by atomic mass is 79.9. The number of hydrogen-bond donors (Lipinski definition) is 1. The van der Waals surface area contributed by atoms with Crippen LogP contribution in [-0.4, -0.2) is 26.4 Å². The molecular weight excluding hydrogens is 334 g/mol. The van der Waals surface area contributed by atoms with Crippen molar-refractivity contribution in [2.75, 3.05) is 14.2 Å². The second kappa shape index (κ2) is 6.55. The summed E-state index contributed by atoms with van der Waals surface area (Å²) in [6, 6.07) is 3.70. The molecule has 0 aliphatic carbocycles. The van der Waals surface area contributed by atoms with E-state index < -0.39 is 0 Å². The van der Waals surface area contributed by atoms with Crippen LogP contribution in [0.25, 0.3) is 0 Å². The maximum Gasteiger partial charge on any atom is 0.133 e. The molecule has 1 saturated heterocycles. The van der Waals surface area contributed by atoms with Crippen molar-refractivity contribution in [2.45, 2.75) is 39.0 Å². The lowest BCUT2D eigenvalue weighted by atomic mass is 9.80. The summed E-state index contributed by atoms with van der Waals surface area (Å²) < 4.78 is 17.7. The van der Waals surface area contributed by atoms with Crippen molar-refractivity contribution < 1.29 is 14.2 Å². The van der Waals surface area contributed by atoms with Gasteiger partial charge < -0.3 is 19.9 Å². The Kier molecular flexibility index (Phi) is 5.17. The molecule has 21 heavy (non-hydrogen) atoms. The quantitative estimate of drug-likeness (QED) is 0.895. The summed E-state index contributed by atoms with van der Waals surface area (Å²) in [5.74, 6) is 2.18. The van der Waals surface area contributed by atoms with E-state index in [1.807, 2.05) is 12.1 Å². The van der Waals surface area contributed by atoms with Crippen LogP contribution in [0.5, 0.6) is 11.5 Å². The standard InChI is InChI=1S/C16H24BrNO3/c1-8-9(2)21-10(3)15(8)16(18)11-6-14(20-5)12(17)7-13(11)19-4/h6-10,15-16H,18H2,1-5H3. The minimum Gasteiger partial charge on any atom is -0.496 e. The third-order valence-corrected chi connectivity index (χ3v) is 5.22. The summed E-state index contributed by atoms with van der Waals surface area (Å²) >= 11 is 3.48. The zero-order valence-corrected chi connectivity index (χ0v) is 14.8. The average Bonchev–Trinajstić information content (AvgIpc) is 2.71. The summed E-state index contributed by atoms with van der Waals surface area (Å²) in [4.78, 5) is 0. The Morgan fingerprint density at radius 3 is 2.19 bits per heavy atom. The number of hydrogen-bond acceptors (Lipinski definition) is 4. The third kappa shape index (κ3) is 3.05. The lowest BCUT2D eigenvalue weighted by Crippen LogP contribution is -2.31. The highest BCUT2D eigenvalue weighted by Gasteiger charge is 2.41. The second-order valence-corrected chi connectivity index (χ2v) is 6.59. The van der Waals surface area contributed by atoms with Gasteiger partial charge in [0.25, 0.3) is 0 Å². The Labute approximate surface area is 135 Å². The van der Waals surface area contributed by atoms with Crippen molar-refractivity contribution in [2.24, 2.45) is 17.6 Å². The Bertz CT molecular complexity index is 509. The predicted molar refractivity (Wildman–Crippen MR) is 86.8 cm³/mol. The zero-order chi connectivity index (χ0) is 15.7. The predicted octanol–water partition coefficient (Wildman–Crippen LogP) is 3.53. The fraction of sp³-hybridized carbons (Fsp3) is 0.625. The molecule has 0 bridgehead atoms. The molecule has 0 aromatic heterocycles. The Morgan fingerprint density at radius 1 is 1.10 bits per heavy atom. The Morgan fingerprint density at radius 2 is 1.71 bits per heavy atom. The Hall–Kier alpha value is -0.780. The van der Waals surface area contributed by atoms with Crippen LogP contribution in [0, 0.1) is 11.8 Å². The molecule has 0 amide bonds. The van der Waals surface area contributed by atoms with Gasteiger partial charge >= 0.3 is 0 Å². The van der Waals surface area contributed by atoms with E-state index in [4.69, 9.17) is 19.9 Å². The molecule has 1 aliphatic rings. The molecule has 0 radical (unpaired) electrons. The molecule has 1 aromatic rings. The lowest BCUT2D eigenvalue weighted by Gasteiger charge is -2.27. The largest absolute Gasteiger partial charge is 0.496 e. The summed E-state index contributed by atoms with van der Waals surface area (Å²) in [7, 11) is 3.30. The van der Waals surface area contributed by atoms with E-state index >= 15 is 0 Å². The Balaban J connectivity index is 2.40. The van der Waals surface area contributed by atoms with E-state index in [-0.39, 0.29) is 24.2 Å². The number of methoxy groups -OCH3 is 2. The SMILES string of the molecule is COc1cc(C(N)C2C(C)OC(C)C2C)c(OC)cc1Br. The van der Waals surface area contributed by atoms with Crippen LogP contribution in [0.3, 0.4) is 0 Å². The summed E-state index contributed by atoms with van der Waals surface area (Å²) in [5, 5.41) is 0. The van der Waals surface area contributed by atoms with Crippen molar-refractivity contribution in [3.05, 3.63) is 22.2 Å². The molecule has 1 aliphatic heterocycles. The van der Waals surface area contributed by atoms with Crippen molar-refractivity contribution in [3.8, 4) is 11.5 Å². The molecule has 118 valence electrons. The fourth-order valence-corrected chi connectivity index (χ4v) is 3.75. The van der Waals surface area contributed by atoms with Gasteiger partial charge in [-0.1, -0.05) is 6.92 Å². The molecule has 1 heterocycles. The van der Waals surface area contributed by atoms with Gasteiger partial charge in [0.2, 0.25) is 0 Å². The number of halogens is 1. The third-order valence-electron chi connectivity index (χ3n) is 4.60. The molecule has 0 spiro atoms. The van der Waals surface area contributed by atoms with E-state index in [2.05, 4.69) is 36.7 Å². The highest BCUT2D eigenvalue weighted by Crippen LogP contribution is 2.43. The lowest BCUT2D eigenvalue weighted by molar-refractivity contribution is 0.0489. The van der Waals surface area contributed by atoms with Gasteiger partial charge in [-0.2, -0.15) is 0 Å². The summed E-state index contributed by atoms with van der Waals surface area (Å²) in [6.07, 6.45) is 0.351. The van der Waals surface area contributed by atoms with E-state index in [9.17, 15) is 0 Å². The van der Waals surface area contributed by atoms with Crippen LogP contribution < -0.4 is 15.2 Å². The molecule has 1 fully saturated rings. The smallest absolute Gasteiger partial charge is 0.133 e. The summed E-state index contributed by atoms with van der Waals surface area (Å²) in [6.45, 7) is 6.39. The second-order valence-electron chi connectivity index (χ2n) is 5.74. The van der Waals surface area contributed by atoms with Gasteiger partial charge in [-0.25, -0.2) is 0 Å². The minimum atomic E-state index is -0.156. The summed E-state index contributed by atoms with van der Waals surface area (Å²) in [5.41, 5.74) is 7.52. The number of rotatable bonds is 4. The van der Waals surface area contributed by atoms with Gasteiger partial charge in [-0.15, -0.1) is 0 Å². The van der Waals surface area contributed by atoms with Crippen molar-refractivity contribution in [1.29, 1.82) is 0 Å². The molecule has 5 unspecified atom stereocenters. The normalized spacial score (nSPS) is 30.2. The topological polar surface area (TPSA) is 53.7 Å². The molecule has 4 nitrogen and oxygen atoms in total. The first kappa shape index (κ1) is 16.6. The maximum atomic E-state index is 6.56. The van der Waals surface area contributed by atoms with Crippen LogP contribution in [0.2, 0.25) is 0 Å². The van der Waals surface area contributed by atoms with E-state index in [0.717, 1.165) is 21.5 Å². The molecule has 0 saturated carbocycles. The van der Waals surface area contributed by atoms with Crippen LogP contribution in [0.15, 0.2) is 16.6 Å². The number of nitrogens with two attached hydrogens (primary N) is 1. The molecule has 2 rings (SSSR count). The first-order valence-electron chi connectivity index (χ1n) is 7.23. The maximum absolute atomic E-state index is 6.56. The van der Waals surface area contributed by atoms with Crippen molar-refractivity contribution >= 4 is 15.9 Å². The zero-order valence-electron chi connectivity index (χ0n) is 13.2. The first-order chi connectivity index (χ1) is 9.90. The molecule has 1 aromatic carbocycles. The molecule has 5 atom stereocenters. The van der Waals surface area contributed by atoms with E-state index in [1.54, 1.807) is 14.2 Å². The average molecular weight is 358 g/mol. The molecule has 5 heteroatoms. The van der Waals surface area contributed by atoms with Gasteiger partial charge in [-0.3, -0.25) is 0 Å². The fourth-order valence-electron chi connectivity index (χ4n) is 3.26. The van der Waals surface area contributed by atoms with Crippen molar-refractivity contribution in [1.82, 2.24) is 0 Å². The van der Waals surface area contributed by atoms with Gasteiger partial charge in [0.15, 0.2) is 0 Å². The number of benzene rings is 1. The van der Waals surface area contributed by atoms with Crippen LogP contribution in [0.4, 0.5) is 0 Å². The van der Waals surface area contributed by atoms with Gasteiger partial charge in [-0.05, 0) is 47.8 Å². The van der Waals surface area contributed by atoms with Crippen LogP contribution >= 0.6 is 15.9 Å². The molecule has 2 N–H and O–H groups in total. The molecular formula is C16H24BrNO3. The van der Waals surface area contributed by atoms with Crippen LogP contribution in [-0.2, 0) is 4.74 Å². The minimum absolute atomic E-state index is 0.129. The van der Waals surface area contributed by atoms with E-state index in [1.165, 1.54) is 0 Å². The van der Waals surface area contributed by atoms with Crippen molar-refractivity contribution in [3.63, 3.8) is 0 Å². The van der Waals surface area contributed by atoms with Crippen LogP contribution in [0.1, 0.15) is 32.4 Å². The first-order valence-corrected chi connectivity index (χ1v) is 8.02.